The van der Waals surface area contributed by atoms with Gasteiger partial charge >= 0.3 is 0 Å². The van der Waals surface area contributed by atoms with E-state index in [9.17, 15) is 21.6 Å². The van der Waals surface area contributed by atoms with Crippen LogP contribution < -0.4 is 9.62 Å². The van der Waals surface area contributed by atoms with Crippen molar-refractivity contribution < 1.29 is 21.6 Å². The minimum absolute atomic E-state index is 0.0103. The van der Waals surface area contributed by atoms with Crippen molar-refractivity contribution in [3.8, 4) is 0 Å². The Kier molecular flexibility index (Phi) is 6.19. The highest BCUT2D eigenvalue weighted by Crippen LogP contribution is 2.25. The average Bonchev–Trinajstić information content (AvgIpc) is 2.73. The molecule has 0 saturated carbocycles. The maximum absolute atomic E-state index is 13.1. The highest BCUT2D eigenvalue weighted by molar-refractivity contribution is 7.92. The number of aryl methyl sites for hydroxylation is 1. The minimum Gasteiger partial charge on any atom is -0.322 e. The first-order valence-corrected chi connectivity index (χ1v) is 12.6. The van der Waals surface area contributed by atoms with E-state index < -0.39 is 19.9 Å². The van der Waals surface area contributed by atoms with E-state index in [1.807, 2.05) is 19.1 Å². The molecule has 0 aliphatic heterocycles. The van der Waals surface area contributed by atoms with Crippen molar-refractivity contribution in [2.75, 3.05) is 22.9 Å². The van der Waals surface area contributed by atoms with Crippen LogP contribution in [-0.2, 0) is 19.9 Å². The zero-order valence-electron chi connectivity index (χ0n) is 17.2. The zero-order valence-corrected chi connectivity index (χ0v) is 18.9. The van der Waals surface area contributed by atoms with Crippen molar-refractivity contribution in [1.82, 2.24) is 0 Å². The van der Waals surface area contributed by atoms with E-state index >= 15 is 0 Å². The Hall–Kier alpha value is -3.17. The van der Waals surface area contributed by atoms with Gasteiger partial charge in [-0.1, -0.05) is 23.8 Å². The second kappa shape index (κ2) is 8.52. The molecule has 9 heteroatoms. The summed E-state index contributed by atoms with van der Waals surface area (Å²) in [7, 11) is -5.94. The van der Waals surface area contributed by atoms with Crippen LogP contribution in [0.4, 0.5) is 11.4 Å². The van der Waals surface area contributed by atoms with Crippen molar-refractivity contribution in [3.63, 3.8) is 0 Å². The summed E-state index contributed by atoms with van der Waals surface area (Å²) in [6, 6.07) is 18.5. The number of sulfonamides is 1. The van der Waals surface area contributed by atoms with E-state index in [0.29, 0.717) is 16.9 Å². The number of nitrogens with zero attached hydrogens (tertiary/aromatic N) is 1. The molecule has 7 nitrogen and oxygen atoms in total. The van der Waals surface area contributed by atoms with Crippen LogP contribution in [-0.4, -0.2) is 36.0 Å². The van der Waals surface area contributed by atoms with Crippen LogP contribution in [0.5, 0.6) is 0 Å². The first-order chi connectivity index (χ1) is 14.5. The summed E-state index contributed by atoms with van der Waals surface area (Å²) in [6.07, 6.45) is 1.08. The van der Waals surface area contributed by atoms with Crippen LogP contribution in [0.1, 0.15) is 15.9 Å². The molecule has 0 aromatic heterocycles. The first kappa shape index (κ1) is 22.5. The number of anilines is 2. The molecule has 3 aromatic carbocycles. The molecule has 0 saturated heterocycles. The maximum Gasteiger partial charge on any atom is 0.264 e. The Labute approximate surface area is 182 Å². The Balaban J connectivity index is 1.84. The SMILES string of the molecule is Cc1ccc(C(=O)Nc2cccc(S(=O)(=O)N(C)c3ccc(S(C)(=O)=O)cc3)c2)cc1. The molecular formula is C22H22N2O5S2. The molecule has 0 aliphatic rings. The van der Waals surface area contributed by atoms with Gasteiger partial charge in [0.1, 0.15) is 0 Å². The topological polar surface area (TPSA) is 101 Å². The van der Waals surface area contributed by atoms with Crippen LogP contribution in [0.15, 0.2) is 82.6 Å². The van der Waals surface area contributed by atoms with Crippen molar-refractivity contribution in [2.45, 2.75) is 16.7 Å². The summed E-state index contributed by atoms with van der Waals surface area (Å²) in [5.41, 5.74) is 2.13. The molecule has 0 radical (unpaired) electrons. The number of benzene rings is 3. The highest BCUT2D eigenvalue weighted by Gasteiger charge is 2.22. The molecule has 0 unspecified atom stereocenters. The molecule has 0 heterocycles. The third-order valence-corrected chi connectivity index (χ3v) is 7.60. The summed E-state index contributed by atoms with van der Waals surface area (Å²) in [5, 5.41) is 2.70. The molecule has 1 N–H and O–H groups in total. The van der Waals surface area contributed by atoms with Gasteiger partial charge in [0.15, 0.2) is 9.84 Å². The average molecular weight is 459 g/mol. The Morgan fingerprint density at radius 3 is 2.03 bits per heavy atom. The summed E-state index contributed by atoms with van der Waals surface area (Å²) in [6.45, 7) is 1.92. The number of carbonyl (C=O) groups is 1. The number of hydrogen-bond acceptors (Lipinski definition) is 5. The van der Waals surface area contributed by atoms with Crippen molar-refractivity contribution >= 4 is 37.1 Å². The lowest BCUT2D eigenvalue weighted by molar-refractivity contribution is 0.102. The van der Waals surface area contributed by atoms with E-state index in [4.69, 9.17) is 0 Å². The molecule has 0 bridgehead atoms. The van der Waals surface area contributed by atoms with Gasteiger partial charge in [0.25, 0.3) is 15.9 Å². The van der Waals surface area contributed by atoms with Gasteiger partial charge in [-0.2, -0.15) is 0 Å². The smallest absolute Gasteiger partial charge is 0.264 e. The number of amides is 1. The van der Waals surface area contributed by atoms with Crippen LogP contribution >= 0.6 is 0 Å². The predicted octanol–water partition coefficient (Wildman–Crippen LogP) is 3.48. The Bertz CT molecular complexity index is 1320. The first-order valence-electron chi connectivity index (χ1n) is 9.25. The number of carbonyl (C=O) groups excluding carboxylic acids is 1. The zero-order chi connectivity index (χ0) is 22.8. The van der Waals surface area contributed by atoms with Crippen molar-refractivity contribution in [1.29, 1.82) is 0 Å². The number of sulfone groups is 1. The van der Waals surface area contributed by atoms with E-state index in [0.717, 1.165) is 16.1 Å². The van der Waals surface area contributed by atoms with E-state index in [2.05, 4.69) is 5.32 Å². The summed E-state index contributed by atoms with van der Waals surface area (Å²) in [5.74, 6) is -0.348. The minimum atomic E-state index is -3.94. The molecule has 0 atom stereocenters. The van der Waals surface area contributed by atoms with Gasteiger partial charge < -0.3 is 5.32 Å². The fraction of sp³-hybridized carbons (Fsp3) is 0.136. The quantitative estimate of drug-likeness (QED) is 0.610. The van der Waals surface area contributed by atoms with Gasteiger partial charge in [0.2, 0.25) is 0 Å². The lowest BCUT2D eigenvalue weighted by atomic mass is 10.1. The van der Waals surface area contributed by atoms with E-state index in [-0.39, 0.29) is 15.7 Å². The normalized spacial score (nSPS) is 11.7. The number of rotatable bonds is 6. The standard InChI is InChI=1S/C22H22N2O5S2/c1-16-7-9-17(10-8-16)22(25)23-18-5-4-6-21(15-18)31(28,29)24(2)19-11-13-20(14-12-19)30(3,26)27/h4-15H,1-3H3,(H,23,25). The fourth-order valence-electron chi connectivity index (χ4n) is 2.84. The molecular weight excluding hydrogens is 436 g/mol. The fourth-order valence-corrected chi connectivity index (χ4v) is 4.72. The number of hydrogen-bond donors (Lipinski definition) is 1. The van der Waals surface area contributed by atoms with Gasteiger partial charge in [-0.05, 0) is 61.5 Å². The monoisotopic (exact) mass is 458 g/mol. The lowest BCUT2D eigenvalue weighted by Crippen LogP contribution is -2.26. The van der Waals surface area contributed by atoms with Gasteiger partial charge in [0, 0.05) is 24.6 Å². The van der Waals surface area contributed by atoms with Crippen LogP contribution in [0.2, 0.25) is 0 Å². The summed E-state index contributed by atoms with van der Waals surface area (Å²) >= 11 is 0. The lowest BCUT2D eigenvalue weighted by Gasteiger charge is -2.20. The third-order valence-electron chi connectivity index (χ3n) is 4.69. The summed E-state index contributed by atoms with van der Waals surface area (Å²) in [4.78, 5) is 12.5. The molecule has 3 aromatic rings. The molecule has 3 rings (SSSR count). The number of nitrogens with one attached hydrogen (secondary N) is 1. The molecule has 162 valence electrons. The van der Waals surface area contributed by atoms with E-state index in [1.165, 1.54) is 49.5 Å². The second-order valence-electron chi connectivity index (χ2n) is 7.09. The molecule has 0 spiro atoms. The van der Waals surface area contributed by atoms with E-state index in [1.54, 1.807) is 18.2 Å². The molecule has 31 heavy (non-hydrogen) atoms. The summed E-state index contributed by atoms with van der Waals surface area (Å²) < 4.78 is 50.4. The van der Waals surface area contributed by atoms with Crippen LogP contribution in [0.3, 0.4) is 0 Å². The Morgan fingerprint density at radius 2 is 1.45 bits per heavy atom. The second-order valence-corrected chi connectivity index (χ2v) is 11.1. The maximum atomic E-state index is 13.1. The van der Waals surface area contributed by atoms with Gasteiger partial charge in [-0.3, -0.25) is 9.10 Å². The van der Waals surface area contributed by atoms with Crippen LogP contribution in [0, 0.1) is 6.92 Å². The van der Waals surface area contributed by atoms with Crippen molar-refractivity contribution in [2.24, 2.45) is 0 Å². The highest BCUT2D eigenvalue weighted by atomic mass is 32.2. The van der Waals surface area contributed by atoms with Gasteiger partial charge in [-0.15, -0.1) is 0 Å². The van der Waals surface area contributed by atoms with Crippen molar-refractivity contribution in [3.05, 3.63) is 83.9 Å². The predicted molar refractivity (Wildman–Crippen MR) is 121 cm³/mol. The van der Waals surface area contributed by atoms with Gasteiger partial charge in [0.05, 0.1) is 15.5 Å². The largest absolute Gasteiger partial charge is 0.322 e. The Morgan fingerprint density at radius 1 is 0.839 bits per heavy atom. The molecule has 1 amide bonds. The molecule has 0 aliphatic carbocycles. The van der Waals surface area contributed by atoms with Crippen LogP contribution in [0.25, 0.3) is 0 Å². The van der Waals surface area contributed by atoms with Gasteiger partial charge in [-0.25, -0.2) is 16.8 Å². The third kappa shape index (κ3) is 5.12. The molecule has 0 fully saturated rings.